The first-order valence-corrected chi connectivity index (χ1v) is 11.3. The maximum Gasteiger partial charge on any atom is 0.265 e. The summed E-state index contributed by atoms with van der Waals surface area (Å²) in [6, 6.07) is 10.3. The number of nitrogens with zero attached hydrogens (tertiary/aromatic N) is 3. The number of benzene rings is 1. The molecule has 4 nitrogen and oxygen atoms in total. The molecule has 0 fully saturated rings. The van der Waals surface area contributed by atoms with E-state index in [0.717, 1.165) is 27.4 Å². The first kappa shape index (κ1) is 22.4. The number of pyridine rings is 1. The molecule has 3 heterocycles. The number of hydrogen-bond donors (Lipinski definition) is 0. The molecular weight excluding hydrogens is 452 g/mol. The van der Waals surface area contributed by atoms with Crippen LogP contribution in [0.4, 0.5) is 8.78 Å². The van der Waals surface area contributed by atoms with Gasteiger partial charge in [0, 0.05) is 40.5 Å². The van der Waals surface area contributed by atoms with Gasteiger partial charge in [0.05, 0.1) is 22.4 Å². The van der Waals surface area contributed by atoms with Crippen LogP contribution in [0, 0.1) is 13.8 Å². The summed E-state index contributed by atoms with van der Waals surface area (Å²) in [5.41, 5.74) is 3.67. The van der Waals surface area contributed by atoms with E-state index in [2.05, 4.69) is 4.98 Å². The van der Waals surface area contributed by atoms with Crippen LogP contribution in [-0.4, -0.2) is 14.1 Å². The number of hydrogen-bond acceptors (Lipinski definition) is 3. The molecule has 0 aliphatic carbocycles. The maximum atomic E-state index is 13.6. The van der Waals surface area contributed by atoms with Crippen molar-refractivity contribution in [3.63, 3.8) is 0 Å². The topological polar surface area (TPSA) is 39.8 Å². The molecule has 0 saturated heterocycles. The second-order valence-electron chi connectivity index (χ2n) is 7.85. The van der Waals surface area contributed by atoms with Gasteiger partial charge >= 0.3 is 0 Å². The minimum Gasteiger partial charge on any atom is -0.307 e. The van der Waals surface area contributed by atoms with Crippen LogP contribution >= 0.6 is 22.9 Å². The Hall–Kier alpha value is -2.77. The molecule has 3 aromatic heterocycles. The Morgan fingerprint density at radius 1 is 1.12 bits per heavy atom. The molecule has 0 bridgehead atoms. The van der Waals surface area contributed by atoms with Gasteiger partial charge in [-0.15, -0.1) is 11.3 Å². The third-order valence-electron chi connectivity index (χ3n) is 5.46. The average molecular weight is 474 g/mol. The van der Waals surface area contributed by atoms with Crippen LogP contribution in [0.1, 0.15) is 52.2 Å². The van der Waals surface area contributed by atoms with Crippen LogP contribution in [0.15, 0.2) is 59.9 Å². The van der Waals surface area contributed by atoms with Crippen molar-refractivity contribution in [2.75, 3.05) is 0 Å². The van der Waals surface area contributed by atoms with Gasteiger partial charge in [-0.1, -0.05) is 23.7 Å². The average Bonchev–Trinajstić information content (AvgIpc) is 3.37. The van der Waals surface area contributed by atoms with Crippen molar-refractivity contribution in [1.82, 2.24) is 14.1 Å². The number of aryl methyl sites for hydroxylation is 2. The zero-order valence-electron chi connectivity index (χ0n) is 17.8. The van der Waals surface area contributed by atoms with E-state index in [1.807, 2.05) is 55.8 Å². The zero-order valence-corrected chi connectivity index (χ0v) is 19.4. The van der Waals surface area contributed by atoms with Crippen LogP contribution in [0.3, 0.4) is 0 Å². The third-order valence-corrected chi connectivity index (χ3v) is 6.86. The van der Waals surface area contributed by atoms with E-state index in [9.17, 15) is 13.6 Å². The highest BCUT2D eigenvalue weighted by Crippen LogP contribution is 2.30. The molecule has 0 amide bonds. The van der Waals surface area contributed by atoms with Crippen molar-refractivity contribution in [1.29, 1.82) is 0 Å². The van der Waals surface area contributed by atoms with Crippen LogP contribution in [0.25, 0.3) is 5.69 Å². The molecule has 0 aliphatic heterocycles. The number of imidazole rings is 1. The summed E-state index contributed by atoms with van der Waals surface area (Å²) in [5, 5.41) is 0. The monoisotopic (exact) mass is 473 g/mol. The van der Waals surface area contributed by atoms with E-state index >= 15 is 0 Å². The molecule has 0 saturated carbocycles. The molecular formula is C24H22ClF2N3OS. The summed E-state index contributed by atoms with van der Waals surface area (Å²) in [5.74, 6) is 0. The molecule has 0 radical (unpaired) electrons. The Bertz CT molecular complexity index is 1330. The zero-order chi connectivity index (χ0) is 23.0. The second-order valence-corrected chi connectivity index (χ2v) is 9.60. The molecule has 166 valence electrons. The van der Waals surface area contributed by atoms with Crippen LogP contribution in [0.2, 0.25) is 4.34 Å². The van der Waals surface area contributed by atoms with E-state index in [-0.39, 0.29) is 17.5 Å². The summed E-state index contributed by atoms with van der Waals surface area (Å²) < 4.78 is 31.2. The Kier molecular flexibility index (Phi) is 6.31. The normalized spacial score (nSPS) is 12.5. The molecule has 32 heavy (non-hydrogen) atoms. The third kappa shape index (κ3) is 4.54. The Morgan fingerprint density at radius 2 is 1.91 bits per heavy atom. The first-order valence-electron chi connectivity index (χ1n) is 10.1. The van der Waals surface area contributed by atoms with Gasteiger partial charge in [-0.3, -0.25) is 4.79 Å². The number of halogens is 3. The Labute approximate surface area is 193 Å². The summed E-state index contributed by atoms with van der Waals surface area (Å²) in [4.78, 5) is 18.3. The highest BCUT2D eigenvalue weighted by Gasteiger charge is 2.19. The molecule has 4 aromatic rings. The Balaban J connectivity index is 1.71. The van der Waals surface area contributed by atoms with E-state index in [4.69, 9.17) is 11.6 Å². The summed E-state index contributed by atoms with van der Waals surface area (Å²) >= 11 is 7.37. The van der Waals surface area contributed by atoms with E-state index in [0.29, 0.717) is 9.90 Å². The van der Waals surface area contributed by atoms with Crippen LogP contribution in [0.5, 0.6) is 0 Å². The van der Waals surface area contributed by atoms with Gasteiger partial charge in [0.25, 0.3) is 12.0 Å². The van der Waals surface area contributed by atoms with Crippen molar-refractivity contribution in [2.45, 2.75) is 39.7 Å². The summed E-state index contributed by atoms with van der Waals surface area (Å²) in [6.07, 6.45) is 2.53. The van der Waals surface area contributed by atoms with E-state index in [1.165, 1.54) is 28.2 Å². The summed E-state index contributed by atoms with van der Waals surface area (Å²) in [7, 11) is 0. The molecule has 0 aliphatic rings. The molecule has 1 aromatic carbocycles. The highest BCUT2D eigenvalue weighted by atomic mass is 35.5. The SMILES string of the molecule is Cc1cn(-c2ccc(Cc3cc(C(F)F)cn([C@@H](C)c4ccc(Cl)s4)c3=O)cc2C)cn1. The second kappa shape index (κ2) is 9.00. The molecule has 8 heteroatoms. The van der Waals surface area contributed by atoms with E-state index in [1.54, 1.807) is 12.4 Å². The fourth-order valence-corrected chi connectivity index (χ4v) is 4.91. The van der Waals surface area contributed by atoms with Crippen molar-refractivity contribution in [3.8, 4) is 5.69 Å². The molecule has 4 rings (SSSR count). The van der Waals surface area contributed by atoms with Crippen molar-refractivity contribution in [3.05, 3.63) is 103 Å². The Morgan fingerprint density at radius 3 is 2.50 bits per heavy atom. The van der Waals surface area contributed by atoms with Gasteiger partial charge < -0.3 is 9.13 Å². The van der Waals surface area contributed by atoms with Crippen LogP contribution < -0.4 is 5.56 Å². The van der Waals surface area contributed by atoms with Crippen molar-refractivity contribution in [2.24, 2.45) is 0 Å². The number of aromatic nitrogens is 3. The van der Waals surface area contributed by atoms with Crippen molar-refractivity contribution < 1.29 is 8.78 Å². The molecule has 0 spiro atoms. The number of alkyl halides is 2. The molecule has 0 N–H and O–H groups in total. The molecule has 1 atom stereocenters. The van der Waals surface area contributed by atoms with E-state index < -0.39 is 12.5 Å². The van der Waals surface area contributed by atoms with Gasteiger partial charge in [0.2, 0.25) is 0 Å². The fraction of sp³-hybridized carbons (Fsp3) is 0.250. The van der Waals surface area contributed by atoms with Crippen molar-refractivity contribution >= 4 is 22.9 Å². The standard InChI is InChI=1S/C24H22ClF2N3OS/c1-14-8-17(4-5-20(14)29-11-15(2)28-13-29)9-18-10-19(23(26)27)12-30(24(18)31)16(3)21-6-7-22(25)32-21/h4-8,10-13,16,23H,9H2,1-3H3/t16-/m0/s1. The lowest BCUT2D eigenvalue weighted by Gasteiger charge is -2.17. The predicted octanol–water partition coefficient (Wildman–Crippen LogP) is 6.50. The largest absolute Gasteiger partial charge is 0.307 e. The van der Waals surface area contributed by atoms with Gasteiger partial charge in [0.1, 0.15) is 0 Å². The highest BCUT2D eigenvalue weighted by molar-refractivity contribution is 7.16. The smallest absolute Gasteiger partial charge is 0.265 e. The lowest BCUT2D eigenvalue weighted by molar-refractivity contribution is 0.150. The van der Waals surface area contributed by atoms with Gasteiger partial charge in [-0.2, -0.15) is 0 Å². The fourth-order valence-electron chi connectivity index (χ4n) is 3.80. The minimum atomic E-state index is -2.67. The number of rotatable bonds is 6. The lowest BCUT2D eigenvalue weighted by atomic mass is 10.0. The quantitative estimate of drug-likeness (QED) is 0.320. The molecule has 0 unspecified atom stereocenters. The lowest BCUT2D eigenvalue weighted by Crippen LogP contribution is -2.27. The van der Waals surface area contributed by atoms with Gasteiger partial charge in [0.15, 0.2) is 0 Å². The van der Waals surface area contributed by atoms with Gasteiger partial charge in [-0.05, 0) is 56.2 Å². The first-order chi connectivity index (χ1) is 15.2. The number of thiophene rings is 1. The minimum absolute atomic E-state index is 0.170. The van der Waals surface area contributed by atoms with Crippen LogP contribution in [-0.2, 0) is 6.42 Å². The predicted molar refractivity (Wildman–Crippen MR) is 125 cm³/mol. The summed E-state index contributed by atoms with van der Waals surface area (Å²) in [6.45, 7) is 5.71. The van der Waals surface area contributed by atoms with Gasteiger partial charge in [-0.25, -0.2) is 13.8 Å². The maximum absolute atomic E-state index is 13.6.